The molecule has 3 aliphatic rings. The van der Waals surface area contributed by atoms with Crippen LogP contribution in [-0.2, 0) is 30.6 Å². The zero-order chi connectivity index (χ0) is 32.1. The summed E-state index contributed by atoms with van der Waals surface area (Å²) in [5.41, 5.74) is 7.73. The number of ketones is 1. The zero-order valence-electron chi connectivity index (χ0n) is 25.4. The minimum Gasteiger partial charge on any atom is -0.497 e. The highest BCUT2D eigenvalue weighted by Gasteiger charge is 2.56. The van der Waals surface area contributed by atoms with Gasteiger partial charge in [0.05, 0.1) is 51.4 Å². The molecule has 1 aromatic carbocycles. The fourth-order valence-electron chi connectivity index (χ4n) is 5.76. The first-order chi connectivity index (χ1) is 21.6. The summed E-state index contributed by atoms with van der Waals surface area (Å²) in [4.78, 5) is 49.4. The predicted molar refractivity (Wildman–Crippen MR) is 172 cm³/mol. The smallest absolute Gasteiger partial charge is 0.335 e. The topological polar surface area (TPSA) is 162 Å². The summed E-state index contributed by atoms with van der Waals surface area (Å²) in [6.45, 7) is 2.50. The highest BCUT2D eigenvalue weighted by molar-refractivity contribution is 8.00. The second-order valence-corrected chi connectivity index (χ2v) is 13.6. The van der Waals surface area contributed by atoms with Gasteiger partial charge in [-0.3, -0.25) is 9.59 Å². The van der Waals surface area contributed by atoms with Gasteiger partial charge in [-0.1, -0.05) is 23.4 Å². The third-order valence-electron chi connectivity index (χ3n) is 8.43. The van der Waals surface area contributed by atoms with Gasteiger partial charge in [-0.25, -0.2) is 9.78 Å². The Bertz CT molecular complexity index is 1510. The number of hydrogen-bond acceptors (Lipinski definition) is 12. The van der Waals surface area contributed by atoms with Crippen LogP contribution < -0.4 is 15.8 Å². The number of quaternary nitrogens is 1. The number of methoxy groups -OCH3 is 1. The van der Waals surface area contributed by atoms with Gasteiger partial charge in [0.2, 0.25) is 0 Å². The van der Waals surface area contributed by atoms with Crippen molar-refractivity contribution in [2.45, 2.75) is 36.8 Å². The number of thiazole rings is 1. The van der Waals surface area contributed by atoms with Crippen LogP contribution in [0.2, 0.25) is 0 Å². The van der Waals surface area contributed by atoms with Gasteiger partial charge < -0.3 is 35.0 Å². The Kier molecular flexibility index (Phi) is 10.3. The lowest BCUT2D eigenvalue weighted by molar-refractivity contribution is -0.909. The number of nitrogen functional groups attached to an aromatic ring is 1. The number of likely N-dealkylation sites (N-methyl/N-ethyl adjacent to an activating group) is 1. The van der Waals surface area contributed by atoms with Crippen LogP contribution in [0.5, 0.6) is 5.75 Å². The number of carbonyl (C=O) groups excluding carboxylic acids is 3. The van der Waals surface area contributed by atoms with Crippen molar-refractivity contribution in [3.05, 3.63) is 64.2 Å². The number of hydrogen-bond donors (Lipinski definition) is 3. The highest BCUT2D eigenvalue weighted by Crippen LogP contribution is 2.46. The number of aliphatic hydroxyl groups excluding tert-OH is 1. The van der Waals surface area contributed by atoms with Crippen molar-refractivity contribution in [2.24, 2.45) is 11.1 Å². The fraction of sp³-hybridized carbons (Fsp3) is 0.452. The van der Waals surface area contributed by atoms with Gasteiger partial charge in [0.1, 0.15) is 31.2 Å². The van der Waals surface area contributed by atoms with Crippen LogP contribution in [0.1, 0.15) is 24.1 Å². The third-order valence-corrected chi connectivity index (χ3v) is 10.5. The molecule has 12 nitrogen and oxygen atoms in total. The fourth-order valence-corrected chi connectivity index (χ4v) is 7.79. The number of ether oxygens (including phenoxy) is 2. The lowest BCUT2D eigenvalue weighted by atomic mass is 9.71. The number of rotatable bonds is 11. The number of benzene rings is 1. The minimum atomic E-state index is -0.829. The monoisotopic (exact) mass is 656 g/mol. The van der Waals surface area contributed by atoms with Crippen molar-refractivity contribution in [3.8, 4) is 5.75 Å². The third kappa shape index (κ3) is 7.40. The van der Waals surface area contributed by atoms with E-state index in [0.717, 1.165) is 59.4 Å². The molecule has 0 bridgehead atoms. The number of aromatic nitrogens is 1. The number of thioether (sulfide) groups is 1. The summed E-state index contributed by atoms with van der Waals surface area (Å²) in [6, 6.07) is 6.38. The van der Waals surface area contributed by atoms with Crippen LogP contribution in [0.4, 0.5) is 5.13 Å². The number of likely N-dealkylation sites (tertiary alicyclic amines) is 1. The number of nitrogens with two attached hydrogens (primary N) is 1. The number of Topliss-reactive ketones (excluding diaryl/α,β-unsaturated/α-hetero) is 1. The van der Waals surface area contributed by atoms with Crippen molar-refractivity contribution in [1.29, 1.82) is 0 Å². The van der Waals surface area contributed by atoms with E-state index in [-0.39, 0.29) is 40.3 Å². The SMILES string of the molecule is CO/N=C(\C(=O)N[C@@H]1C(=O)C2C(C(=O)OCc3ccc(OC)cc3)=C(/C=C/C[N+]3(C)CCC(O)CC3)CS[C@@H]21)c1csc(N)n1. The molecule has 1 aromatic heterocycles. The number of aliphatic hydroxyl groups is 1. The van der Waals surface area contributed by atoms with E-state index in [0.29, 0.717) is 17.1 Å². The molecular formula is C31H38N5O7S2+. The van der Waals surface area contributed by atoms with E-state index < -0.39 is 23.8 Å². The quantitative estimate of drug-likeness (QED) is 0.141. The summed E-state index contributed by atoms with van der Waals surface area (Å²) < 4.78 is 11.7. The van der Waals surface area contributed by atoms with E-state index in [1.165, 1.54) is 18.9 Å². The number of allylic oxidation sites excluding steroid dienone is 1. The molecule has 5 rings (SSSR count). The van der Waals surface area contributed by atoms with Crippen molar-refractivity contribution in [2.75, 3.05) is 52.4 Å². The predicted octanol–water partition coefficient (Wildman–Crippen LogP) is 2.08. The molecule has 1 amide bonds. The van der Waals surface area contributed by atoms with Crippen molar-refractivity contribution in [3.63, 3.8) is 0 Å². The molecule has 45 heavy (non-hydrogen) atoms. The molecule has 1 aliphatic carbocycles. The number of esters is 1. The van der Waals surface area contributed by atoms with Gasteiger partial charge in [0, 0.05) is 29.2 Å². The molecule has 2 aromatic rings. The molecule has 2 aliphatic heterocycles. The lowest BCUT2D eigenvalue weighted by Gasteiger charge is -2.46. The first kappa shape index (κ1) is 32.7. The first-order valence-corrected chi connectivity index (χ1v) is 16.5. The van der Waals surface area contributed by atoms with E-state index in [4.69, 9.17) is 20.0 Å². The Morgan fingerprint density at radius 1 is 1.22 bits per heavy atom. The van der Waals surface area contributed by atoms with Crippen molar-refractivity contribution in [1.82, 2.24) is 10.3 Å². The first-order valence-electron chi connectivity index (χ1n) is 14.6. The molecular weight excluding hydrogens is 619 g/mol. The molecule has 4 N–H and O–H groups in total. The number of anilines is 1. The maximum Gasteiger partial charge on any atom is 0.335 e. The van der Waals surface area contributed by atoms with E-state index >= 15 is 0 Å². The summed E-state index contributed by atoms with van der Waals surface area (Å²) in [5.74, 6) is -1.03. The van der Waals surface area contributed by atoms with Crippen molar-refractivity contribution < 1.29 is 38.3 Å². The normalized spacial score (nSPS) is 26.7. The van der Waals surface area contributed by atoms with Gasteiger partial charge in [0.25, 0.3) is 5.91 Å². The van der Waals surface area contributed by atoms with Gasteiger partial charge >= 0.3 is 5.97 Å². The van der Waals surface area contributed by atoms with Crippen LogP contribution in [0.3, 0.4) is 0 Å². The van der Waals surface area contributed by atoms with E-state index in [2.05, 4.69) is 22.5 Å². The number of fused-ring (bicyclic) bond motifs is 1. The molecule has 1 saturated heterocycles. The Morgan fingerprint density at radius 3 is 2.60 bits per heavy atom. The van der Waals surface area contributed by atoms with Crippen LogP contribution in [-0.4, -0.2) is 102 Å². The van der Waals surface area contributed by atoms with Crippen LogP contribution in [0.15, 0.2) is 58.1 Å². The molecule has 3 heterocycles. The number of nitrogens with zero attached hydrogens (tertiary/aromatic N) is 3. The van der Waals surface area contributed by atoms with Crippen LogP contribution in [0, 0.1) is 5.92 Å². The molecule has 0 radical (unpaired) electrons. The Morgan fingerprint density at radius 2 is 1.96 bits per heavy atom. The molecule has 1 saturated carbocycles. The average Bonchev–Trinajstić information content (AvgIpc) is 3.48. The number of piperidine rings is 1. The van der Waals surface area contributed by atoms with Crippen molar-refractivity contribution >= 4 is 51.6 Å². The molecule has 0 spiro atoms. The number of oxime groups is 1. The summed E-state index contributed by atoms with van der Waals surface area (Å²) in [7, 11) is 5.05. The number of nitrogens with one attached hydrogen (secondary N) is 1. The number of amides is 1. The molecule has 3 atom stereocenters. The molecule has 1 unspecified atom stereocenters. The van der Waals surface area contributed by atoms with E-state index in [1.54, 1.807) is 24.6 Å². The standard InChI is InChI=1S/C31H37N5O7S2/c1-36(13-10-20(37)11-14-36)12-4-5-19-16-44-28-24(23(19)30(40)43-15-18-6-8-21(41-2)9-7-18)27(38)26(28)34-29(39)25(35-42-3)22-17-45-31(32)33-22/h4-9,17,20,24,26,28,37H,10-16H2,1-3H3,(H2-,32,33,34,39)/p+1/b5-4+,35-25-/t20?,24?,26-,28+,36?/m1/s1. The van der Waals surface area contributed by atoms with Crippen LogP contribution >= 0.6 is 23.1 Å². The summed E-state index contributed by atoms with van der Waals surface area (Å²) in [6.07, 6.45) is 5.22. The van der Waals surface area contributed by atoms with Gasteiger partial charge in [0.15, 0.2) is 16.6 Å². The highest BCUT2D eigenvalue weighted by atomic mass is 32.2. The van der Waals surface area contributed by atoms with Crippen LogP contribution in [0.25, 0.3) is 0 Å². The second kappa shape index (κ2) is 14.1. The van der Waals surface area contributed by atoms with Gasteiger partial charge in [-0.2, -0.15) is 11.8 Å². The average molecular weight is 657 g/mol. The van der Waals surface area contributed by atoms with Gasteiger partial charge in [-0.05, 0) is 29.3 Å². The molecule has 2 fully saturated rings. The molecule has 14 heteroatoms. The maximum atomic E-state index is 13.6. The minimum absolute atomic E-state index is 0.0348. The summed E-state index contributed by atoms with van der Waals surface area (Å²) in [5, 5.41) is 18.0. The Balaban J connectivity index is 1.34. The number of carbonyl (C=O) groups is 3. The van der Waals surface area contributed by atoms with E-state index in [1.807, 2.05) is 24.3 Å². The Labute approximate surface area is 269 Å². The second-order valence-electron chi connectivity index (χ2n) is 11.5. The van der Waals surface area contributed by atoms with E-state index in [9.17, 15) is 19.5 Å². The maximum absolute atomic E-state index is 13.6. The van der Waals surface area contributed by atoms with Gasteiger partial charge in [-0.15, -0.1) is 11.3 Å². The summed E-state index contributed by atoms with van der Waals surface area (Å²) >= 11 is 2.67. The zero-order valence-corrected chi connectivity index (χ0v) is 27.1. The molecule has 240 valence electrons. The lowest BCUT2D eigenvalue weighted by Crippen LogP contribution is -2.65. The Hall–Kier alpha value is -3.72. The largest absolute Gasteiger partial charge is 0.497 e.